The summed E-state index contributed by atoms with van der Waals surface area (Å²) in [5.74, 6) is 0.836. The van der Waals surface area contributed by atoms with Crippen LogP contribution in [0.4, 0.5) is 0 Å². The normalized spacial score (nSPS) is 12.4. The summed E-state index contributed by atoms with van der Waals surface area (Å²) in [7, 11) is 1.89. The van der Waals surface area contributed by atoms with Gasteiger partial charge in [-0.1, -0.05) is 19.1 Å². The van der Waals surface area contributed by atoms with Gasteiger partial charge in [-0.2, -0.15) is 5.10 Å². The topological polar surface area (TPSA) is 47.3 Å². The van der Waals surface area contributed by atoms with Gasteiger partial charge in [-0.3, -0.25) is 4.68 Å². The van der Waals surface area contributed by atoms with Crippen molar-refractivity contribution in [3.8, 4) is 5.75 Å². The lowest BCUT2D eigenvalue weighted by Crippen LogP contribution is -2.03. The molecule has 108 valence electrons. The Morgan fingerprint density at radius 2 is 1.90 bits per heavy atom. The first-order chi connectivity index (χ1) is 9.54. The lowest BCUT2D eigenvalue weighted by molar-refractivity contribution is 0.218. The zero-order valence-corrected chi connectivity index (χ0v) is 12.6. The molecule has 1 heterocycles. The van der Waals surface area contributed by atoms with E-state index in [-0.39, 0.29) is 0 Å². The molecule has 0 saturated carbocycles. The van der Waals surface area contributed by atoms with Crippen LogP contribution in [0.2, 0.25) is 0 Å². The largest absolute Gasteiger partial charge is 0.494 e. The molecule has 0 bridgehead atoms. The molecule has 1 atom stereocenters. The highest BCUT2D eigenvalue weighted by Crippen LogP contribution is 2.28. The van der Waals surface area contributed by atoms with Gasteiger partial charge in [0.05, 0.1) is 12.3 Å². The van der Waals surface area contributed by atoms with Crippen molar-refractivity contribution in [1.29, 1.82) is 0 Å². The summed E-state index contributed by atoms with van der Waals surface area (Å²) in [6, 6.07) is 7.60. The fraction of sp³-hybridized carbons (Fsp3) is 0.438. The molecule has 0 fully saturated rings. The molecule has 4 heteroatoms. The highest BCUT2D eigenvalue weighted by Gasteiger charge is 2.19. The molecule has 1 aromatic carbocycles. The van der Waals surface area contributed by atoms with Crippen LogP contribution in [-0.4, -0.2) is 21.5 Å². The minimum atomic E-state index is -0.649. The molecular formula is C16H22N2O2. The second-order valence-corrected chi connectivity index (χ2v) is 5.03. The molecule has 4 nitrogen and oxygen atoms in total. The number of benzene rings is 1. The number of rotatable bonds is 5. The van der Waals surface area contributed by atoms with E-state index in [9.17, 15) is 5.11 Å². The van der Waals surface area contributed by atoms with E-state index in [0.717, 1.165) is 34.7 Å². The SMILES string of the molecule is CCCOc1ccc(C(O)c2c(C)nn(C)c2C)cc1. The molecule has 1 N–H and O–H groups in total. The number of aromatic nitrogens is 2. The van der Waals surface area contributed by atoms with Crippen molar-refractivity contribution in [2.75, 3.05) is 6.61 Å². The van der Waals surface area contributed by atoms with Crippen molar-refractivity contribution >= 4 is 0 Å². The van der Waals surface area contributed by atoms with E-state index >= 15 is 0 Å². The average Bonchev–Trinajstić information content (AvgIpc) is 2.70. The molecule has 1 aromatic heterocycles. The van der Waals surface area contributed by atoms with Crippen LogP contribution < -0.4 is 4.74 Å². The van der Waals surface area contributed by atoms with Gasteiger partial charge in [0.1, 0.15) is 11.9 Å². The summed E-state index contributed by atoms with van der Waals surface area (Å²) in [5, 5.41) is 14.9. The summed E-state index contributed by atoms with van der Waals surface area (Å²) >= 11 is 0. The van der Waals surface area contributed by atoms with E-state index in [4.69, 9.17) is 4.74 Å². The number of aliphatic hydroxyl groups excluding tert-OH is 1. The van der Waals surface area contributed by atoms with Crippen molar-refractivity contribution in [1.82, 2.24) is 9.78 Å². The van der Waals surface area contributed by atoms with Crippen LogP contribution in [0, 0.1) is 13.8 Å². The molecule has 0 aliphatic carbocycles. The highest BCUT2D eigenvalue weighted by atomic mass is 16.5. The Hall–Kier alpha value is -1.81. The Balaban J connectivity index is 2.22. The Labute approximate surface area is 120 Å². The smallest absolute Gasteiger partial charge is 0.119 e. The Morgan fingerprint density at radius 3 is 2.40 bits per heavy atom. The van der Waals surface area contributed by atoms with Gasteiger partial charge in [-0.15, -0.1) is 0 Å². The third-order valence-electron chi connectivity index (χ3n) is 3.51. The third-order valence-corrected chi connectivity index (χ3v) is 3.51. The van der Waals surface area contributed by atoms with Crippen molar-refractivity contribution in [2.24, 2.45) is 7.05 Å². The van der Waals surface area contributed by atoms with Gasteiger partial charge < -0.3 is 9.84 Å². The molecule has 20 heavy (non-hydrogen) atoms. The summed E-state index contributed by atoms with van der Waals surface area (Å²) < 4.78 is 7.35. The minimum Gasteiger partial charge on any atom is -0.494 e. The van der Waals surface area contributed by atoms with Crippen LogP contribution in [-0.2, 0) is 7.05 Å². The molecule has 0 amide bonds. The lowest BCUT2D eigenvalue weighted by atomic mass is 10.00. The number of hydrogen-bond donors (Lipinski definition) is 1. The number of hydrogen-bond acceptors (Lipinski definition) is 3. The Morgan fingerprint density at radius 1 is 1.25 bits per heavy atom. The number of ether oxygens (including phenoxy) is 1. The monoisotopic (exact) mass is 274 g/mol. The Bertz CT molecular complexity index is 573. The predicted octanol–water partition coefficient (Wildman–Crippen LogP) is 2.91. The number of nitrogens with zero attached hydrogens (tertiary/aromatic N) is 2. The average molecular weight is 274 g/mol. The standard InChI is InChI=1S/C16H22N2O2/c1-5-10-20-14-8-6-13(7-9-14)16(19)15-11(2)17-18(4)12(15)3/h6-9,16,19H,5,10H2,1-4H3. The molecule has 1 unspecified atom stereocenters. The second-order valence-electron chi connectivity index (χ2n) is 5.03. The van der Waals surface area contributed by atoms with E-state index in [2.05, 4.69) is 12.0 Å². The molecule has 2 aromatic rings. The molecule has 0 radical (unpaired) electrons. The first-order valence-corrected chi connectivity index (χ1v) is 6.95. The number of aliphatic hydroxyl groups is 1. The Kier molecular flexibility index (Phi) is 4.45. The van der Waals surface area contributed by atoms with Crippen molar-refractivity contribution in [3.05, 3.63) is 46.8 Å². The van der Waals surface area contributed by atoms with E-state index < -0.39 is 6.10 Å². The lowest BCUT2D eigenvalue weighted by Gasteiger charge is -2.13. The maximum Gasteiger partial charge on any atom is 0.119 e. The van der Waals surface area contributed by atoms with Gasteiger partial charge in [0.2, 0.25) is 0 Å². The highest BCUT2D eigenvalue weighted by molar-refractivity contribution is 5.37. The van der Waals surface area contributed by atoms with E-state index in [0.29, 0.717) is 6.61 Å². The van der Waals surface area contributed by atoms with Gasteiger partial charge in [-0.25, -0.2) is 0 Å². The molecule has 2 rings (SSSR count). The fourth-order valence-corrected chi connectivity index (χ4v) is 2.32. The van der Waals surface area contributed by atoms with Crippen molar-refractivity contribution < 1.29 is 9.84 Å². The van der Waals surface area contributed by atoms with Crippen molar-refractivity contribution in [3.63, 3.8) is 0 Å². The maximum atomic E-state index is 10.5. The first kappa shape index (κ1) is 14.6. The number of aryl methyl sites for hydroxylation is 2. The van der Waals surface area contributed by atoms with E-state index in [1.165, 1.54) is 0 Å². The quantitative estimate of drug-likeness (QED) is 0.912. The van der Waals surface area contributed by atoms with E-state index in [1.807, 2.05) is 45.2 Å². The van der Waals surface area contributed by atoms with Crippen LogP contribution in [0.3, 0.4) is 0 Å². The second kappa shape index (κ2) is 6.09. The minimum absolute atomic E-state index is 0.649. The third kappa shape index (κ3) is 2.85. The fourth-order valence-electron chi connectivity index (χ4n) is 2.32. The predicted molar refractivity (Wildman–Crippen MR) is 79.0 cm³/mol. The van der Waals surface area contributed by atoms with Crippen LogP contribution in [0.15, 0.2) is 24.3 Å². The molecular weight excluding hydrogens is 252 g/mol. The van der Waals surface area contributed by atoms with Gasteiger partial charge in [0.15, 0.2) is 0 Å². The summed E-state index contributed by atoms with van der Waals surface area (Å²) in [4.78, 5) is 0. The molecule has 0 aliphatic heterocycles. The van der Waals surface area contributed by atoms with E-state index in [1.54, 1.807) is 4.68 Å². The van der Waals surface area contributed by atoms with Gasteiger partial charge in [-0.05, 0) is 38.0 Å². The molecule has 0 spiro atoms. The molecule has 0 saturated heterocycles. The van der Waals surface area contributed by atoms with Gasteiger partial charge >= 0.3 is 0 Å². The van der Waals surface area contributed by atoms with Crippen LogP contribution in [0.1, 0.15) is 42.0 Å². The first-order valence-electron chi connectivity index (χ1n) is 6.95. The zero-order chi connectivity index (χ0) is 14.7. The van der Waals surface area contributed by atoms with Gasteiger partial charge in [0, 0.05) is 18.3 Å². The van der Waals surface area contributed by atoms with Crippen LogP contribution in [0.25, 0.3) is 0 Å². The van der Waals surface area contributed by atoms with Crippen LogP contribution >= 0.6 is 0 Å². The summed E-state index contributed by atoms with van der Waals surface area (Å²) in [6.45, 7) is 6.68. The zero-order valence-electron chi connectivity index (χ0n) is 12.6. The summed E-state index contributed by atoms with van der Waals surface area (Å²) in [5.41, 5.74) is 3.59. The van der Waals surface area contributed by atoms with Crippen molar-refractivity contribution in [2.45, 2.75) is 33.3 Å². The van der Waals surface area contributed by atoms with Gasteiger partial charge in [0.25, 0.3) is 0 Å². The summed E-state index contributed by atoms with van der Waals surface area (Å²) in [6.07, 6.45) is 0.335. The maximum absolute atomic E-state index is 10.5. The molecule has 0 aliphatic rings. The van der Waals surface area contributed by atoms with Crippen LogP contribution in [0.5, 0.6) is 5.75 Å².